The zero-order valence-electron chi connectivity index (χ0n) is 13.4. The molecule has 1 aliphatic heterocycles. The fourth-order valence-electron chi connectivity index (χ4n) is 3.48. The lowest BCUT2D eigenvalue weighted by Gasteiger charge is -2.27. The Balaban J connectivity index is 1.92. The summed E-state index contributed by atoms with van der Waals surface area (Å²) >= 11 is 0. The molecule has 0 fully saturated rings. The summed E-state index contributed by atoms with van der Waals surface area (Å²) in [5.74, 6) is 0.222. The number of benzene rings is 3. The first-order chi connectivity index (χ1) is 11.1. The largest absolute Gasteiger partial charge is 0.325 e. The van der Waals surface area contributed by atoms with E-state index in [0.717, 1.165) is 16.5 Å². The highest BCUT2D eigenvalue weighted by atomic mass is 16.1. The molecule has 1 N–H and O–H groups in total. The average molecular weight is 299 g/mol. The first-order valence-corrected chi connectivity index (χ1v) is 8.02. The van der Waals surface area contributed by atoms with Crippen molar-refractivity contribution >= 4 is 35.7 Å². The smallest absolute Gasteiger partial charge is 0.225 e. The van der Waals surface area contributed by atoms with Crippen LogP contribution in [0.3, 0.4) is 0 Å². The van der Waals surface area contributed by atoms with E-state index >= 15 is 0 Å². The molecule has 4 rings (SSSR count). The third kappa shape index (κ3) is 2.33. The molecule has 1 atom stereocenters. The zero-order chi connectivity index (χ0) is 16.0. The summed E-state index contributed by atoms with van der Waals surface area (Å²) in [5.41, 5.74) is 5.97. The number of amides is 1. The fraction of sp³-hybridized carbons (Fsp3) is 0.150. The van der Waals surface area contributed by atoms with E-state index in [1.54, 1.807) is 0 Å². The maximum absolute atomic E-state index is 12.3. The Bertz CT molecular complexity index is 932. The highest BCUT2D eigenvalue weighted by Gasteiger charge is 2.27. The number of hydrogen-bond donors (Lipinski definition) is 1. The van der Waals surface area contributed by atoms with Crippen LogP contribution in [0.4, 0.5) is 5.69 Å². The lowest BCUT2D eigenvalue weighted by atomic mass is 9.80. The van der Waals surface area contributed by atoms with Crippen molar-refractivity contribution in [3.05, 3.63) is 71.3 Å². The minimum Gasteiger partial charge on any atom is -0.325 e. The van der Waals surface area contributed by atoms with E-state index in [0.29, 0.717) is 6.42 Å². The molecule has 3 aromatic carbocycles. The highest BCUT2D eigenvalue weighted by Crippen LogP contribution is 2.40. The predicted molar refractivity (Wildman–Crippen MR) is 98.4 cm³/mol. The summed E-state index contributed by atoms with van der Waals surface area (Å²) in [6, 6.07) is 19.1. The summed E-state index contributed by atoms with van der Waals surface area (Å²) < 4.78 is 0. The van der Waals surface area contributed by atoms with Gasteiger partial charge in [-0.1, -0.05) is 65.6 Å². The molecule has 0 saturated heterocycles. The van der Waals surface area contributed by atoms with Crippen LogP contribution in [0.2, 0.25) is 0 Å². The number of fused-ring (bicyclic) bond motifs is 3. The van der Waals surface area contributed by atoms with Gasteiger partial charge in [-0.3, -0.25) is 4.79 Å². The lowest BCUT2D eigenvalue weighted by molar-refractivity contribution is -0.116. The predicted octanol–water partition coefficient (Wildman–Crippen LogP) is 2.88. The second-order valence-corrected chi connectivity index (χ2v) is 6.40. The summed E-state index contributed by atoms with van der Waals surface area (Å²) in [6.45, 7) is 2.12. The Morgan fingerprint density at radius 2 is 1.91 bits per heavy atom. The Hall–Kier alpha value is -2.55. The number of carbonyl (C=O) groups excluding carboxylic acids is 1. The molecule has 0 radical (unpaired) electrons. The lowest BCUT2D eigenvalue weighted by Crippen LogP contribution is -2.24. The van der Waals surface area contributed by atoms with Gasteiger partial charge >= 0.3 is 0 Å². The van der Waals surface area contributed by atoms with Crippen molar-refractivity contribution in [1.82, 2.24) is 0 Å². The summed E-state index contributed by atoms with van der Waals surface area (Å²) in [6.07, 6.45) is 0.508. The van der Waals surface area contributed by atoms with Crippen LogP contribution in [0.5, 0.6) is 0 Å². The van der Waals surface area contributed by atoms with Gasteiger partial charge in [0.15, 0.2) is 0 Å². The third-order valence-corrected chi connectivity index (χ3v) is 4.92. The van der Waals surface area contributed by atoms with Crippen molar-refractivity contribution in [3.8, 4) is 0 Å². The molecule has 23 heavy (non-hydrogen) atoms. The molecular formula is C20H18BNO. The number of carbonyl (C=O) groups is 1. The molecular weight excluding hydrogens is 281 g/mol. The number of anilines is 1. The highest BCUT2D eigenvalue weighted by molar-refractivity contribution is 6.33. The number of nitrogens with one attached hydrogen (secondary N) is 1. The Kier molecular flexibility index (Phi) is 3.23. The SMILES string of the molecule is Bc1cc(C2CC(=O)Nc3c2ccc2ccccc32)ccc1C. The summed E-state index contributed by atoms with van der Waals surface area (Å²) in [5, 5.41) is 5.37. The van der Waals surface area contributed by atoms with E-state index in [-0.39, 0.29) is 11.8 Å². The first kappa shape index (κ1) is 14.1. The number of rotatable bonds is 1. The average Bonchev–Trinajstić information content (AvgIpc) is 2.56. The van der Waals surface area contributed by atoms with Crippen LogP contribution >= 0.6 is 0 Å². The van der Waals surface area contributed by atoms with Gasteiger partial charge < -0.3 is 5.32 Å². The number of hydrogen-bond acceptors (Lipinski definition) is 1. The monoisotopic (exact) mass is 299 g/mol. The first-order valence-electron chi connectivity index (χ1n) is 8.02. The van der Waals surface area contributed by atoms with Crippen molar-refractivity contribution in [2.45, 2.75) is 19.3 Å². The molecule has 1 unspecified atom stereocenters. The normalized spacial score (nSPS) is 16.9. The molecule has 3 aromatic rings. The van der Waals surface area contributed by atoms with Gasteiger partial charge in [-0.25, -0.2) is 0 Å². The van der Waals surface area contributed by atoms with Gasteiger partial charge in [0.25, 0.3) is 0 Å². The van der Waals surface area contributed by atoms with Gasteiger partial charge in [-0.05, 0) is 23.4 Å². The van der Waals surface area contributed by atoms with Gasteiger partial charge in [0.1, 0.15) is 7.85 Å². The minimum atomic E-state index is 0.0945. The molecule has 0 saturated carbocycles. The summed E-state index contributed by atoms with van der Waals surface area (Å²) in [4.78, 5) is 12.3. The molecule has 2 nitrogen and oxygen atoms in total. The Morgan fingerprint density at radius 1 is 1.09 bits per heavy atom. The second kappa shape index (κ2) is 5.27. The van der Waals surface area contributed by atoms with E-state index in [4.69, 9.17) is 0 Å². The minimum absolute atomic E-state index is 0.0945. The van der Waals surface area contributed by atoms with Gasteiger partial charge in [0.2, 0.25) is 5.91 Å². The van der Waals surface area contributed by atoms with Crippen LogP contribution in [0.1, 0.15) is 29.0 Å². The molecule has 0 aliphatic carbocycles. The molecule has 1 aliphatic rings. The van der Waals surface area contributed by atoms with Gasteiger partial charge in [0.05, 0.1) is 5.69 Å². The molecule has 3 heteroatoms. The molecule has 1 heterocycles. The molecule has 0 spiro atoms. The topological polar surface area (TPSA) is 29.1 Å². The van der Waals surface area contributed by atoms with Gasteiger partial charge in [-0.15, -0.1) is 0 Å². The van der Waals surface area contributed by atoms with E-state index in [1.807, 2.05) is 12.1 Å². The van der Waals surface area contributed by atoms with Crippen LogP contribution in [-0.2, 0) is 4.79 Å². The van der Waals surface area contributed by atoms with Crippen molar-refractivity contribution < 1.29 is 4.79 Å². The van der Waals surface area contributed by atoms with E-state index in [9.17, 15) is 4.79 Å². The molecule has 112 valence electrons. The van der Waals surface area contributed by atoms with Crippen molar-refractivity contribution in [1.29, 1.82) is 0 Å². The van der Waals surface area contributed by atoms with Crippen LogP contribution in [0.15, 0.2) is 54.6 Å². The van der Waals surface area contributed by atoms with E-state index in [1.165, 1.54) is 22.2 Å². The van der Waals surface area contributed by atoms with Crippen LogP contribution in [0, 0.1) is 6.92 Å². The van der Waals surface area contributed by atoms with E-state index in [2.05, 4.69) is 62.6 Å². The maximum Gasteiger partial charge on any atom is 0.225 e. The summed E-state index contributed by atoms with van der Waals surface area (Å²) in [7, 11) is 2.13. The third-order valence-electron chi connectivity index (χ3n) is 4.92. The maximum atomic E-state index is 12.3. The second-order valence-electron chi connectivity index (χ2n) is 6.40. The van der Waals surface area contributed by atoms with Gasteiger partial charge in [-0.2, -0.15) is 0 Å². The van der Waals surface area contributed by atoms with Crippen LogP contribution in [0.25, 0.3) is 10.8 Å². The standard InChI is InChI=1S/C20H18BNO/c1-12-6-7-14(10-18(12)21)17-11-19(23)22-20-15-5-3-2-4-13(15)8-9-16(17)20/h2-10,17H,11,21H2,1H3,(H,22,23). The van der Waals surface area contributed by atoms with Crippen molar-refractivity contribution in [2.24, 2.45) is 0 Å². The Morgan fingerprint density at radius 3 is 2.74 bits per heavy atom. The zero-order valence-corrected chi connectivity index (χ0v) is 13.4. The number of aryl methyl sites for hydroxylation is 1. The molecule has 0 aromatic heterocycles. The molecule has 1 amide bonds. The molecule has 0 bridgehead atoms. The Labute approximate surface area is 136 Å². The van der Waals surface area contributed by atoms with Crippen molar-refractivity contribution in [3.63, 3.8) is 0 Å². The van der Waals surface area contributed by atoms with Crippen molar-refractivity contribution in [2.75, 3.05) is 5.32 Å². The van der Waals surface area contributed by atoms with Crippen LogP contribution in [-0.4, -0.2) is 13.8 Å². The van der Waals surface area contributed by atoms with E-state index < -0.39 is 0 Å². The van der Waals surface area contributed by atoms with Gasteiger partial charge in [0, 0.05) is 17.7 Å². The fourth-order valence-corrected chi connectivity index (χ4v) is 3.48. The quantitative estimate of drug-likeness (QED) is 0.688. The van der Waals surface area contributed by atoms with Crippen LogP contribution < -0.4 is 10.8 Å².